The third kappa shape index (κ3) is 5.53. The maximum Gasteiger partial charge on any atom is 0.488 e. The van der Waals surface area contributed by atoms with Crippen molar-refractivity contribution in [2.24, 2.45) is 0 Å². The molecule has 0 spiro atoms. The van der Waals surface area contributed by atoms with Crippen molar-refractivity contribution < 1.29 is 19.5 Å². The molecule has 1 rings (SSSR count). The van der Waals surface area contributed by atoms with E-state index in [0.717, 1.165) is 0 Å². The molecule has 106 valence electrons. The van der Waals surface area contributed by atoms with E-state index < -0.39 is 12.7 Å². The summed E-state index contributed by atoms with van der Waals surface area (Å²) in [6, 6.07) is 4.90. The number of hydrogen-bond donors (Lipinski definition) is 2. The van der Waals surface area contributed by atoms with Gasteiger partial charge >= 0.3 is 7.12 Å². The highest BCUT2D eigenvalue weighted by Gasteiger charge is 2.22. The molecule has 0 saturated carbocycles. The molecular weight excluding hydrogens is 243 g/mol. The van der Waals surface area contributed by atoms with Crippen LogP contribution in [0.3, 0.4) is 0 Å². The van der Waals surface area contributed by atoms with Gasteiger partial charge in [0.2, 0.25) is 0 Å². The van der Waals surface area contributed by atoms with Crippen LogP contribution in [0.25, 0.3) is 0 Å². The summed E-state index contributed by atoms with van der Waals surface area (Å²) in [6.07, 6.45) is 0. The van der Waals surface area contributed by atoms with Crippen LogP contribution in [0.2, 0.25) is 0 Å². The van der Waals surface area contributed by atoms with E-state index in [0.29, 0.717) is 17.0 Å². The van der Waals surface area contributed by atoms with Crippen LogP contribution in [0.1, 0.15) is 41.5 Å². The molecule has 0 heterocycles. The molecule has 0 bridgehead atoms. The van der Waals surface area contributed by atoms with E-state index in [1.54, 1.807) is 18.2 Å². The number of hydrogen-bond acceptors (Lipinski definition) is 4. The maximum absolute atomic E-state index is 9.23. The zero-order valence-corrected chi connectivity index (χ0v) is 12.5. The SMILES string of the molecule is CC(C)(C)Oc1ccc(B(O)O)cc1OC(C)(C)C. The molecule has 4 nitrogen and oxygen atoms in total. The summed E-state index contributed by atoms with van der Waals surface area (Å²) in [5.41, 5.74) is -0.370. The van der Waals surface area contributed by atoms with Crippen LogP contribution >= 0.6 is 0 Å². The van der Waals surface area contributed by atoms with Gasteiger partial charge in [-0.2, -0.15) is 0 Å². The Labute approximate surface area is 115 Å². The van der Waals surface area contributed by atoms with Crippen LogP contribution in [0, 0.1) is 0 Å². The lowest BCUT2D eigenvalue weighted by Gasteiger charge is -2.27. The highest BCUT2D eigenvalue weighted by atomic mass is 16.5. The lowest BCUT2D eigenvalue weighted by Crippen LogP contribution is -2.32. The summed E-state index contributed by atoms with van der Waals surface area (Å²) in [6.45, 7) is 11.6. The summed E-state index contributed by atoms with van der Waals surface area (Å²) in [4.78, 5) is 0. The van der Waals surface area contributed by atoms with Gasteiger partial charge in [0.05, 0.1) is 0 Å². The predicted octanol–water partition coefficient (Wildman–Crippen LogP) is 1.72. The van der Waals surface area contributed by atoms with Gasteiger partial charge in [0.25, 0.3) is 0 Å². The third-order valence-electron chi connectivity index (χ3n) is 2.10. The number of benzene rings is 1. The van der Waals surface area contributed by atoms with Crippen molar-refractivity contribution in [2.75, 3.05) is 0 Å². The first-order valence-electron chi connectivity index (χ1n) is 6.36. The van der Waals surface area contributed by atoms with Crippen molar-refractivity contribution >= 4 is 12.6 Å². The van der Waals surface area contributed by atoms with Gasteiger partial charge in [-0.1, -0.05) is 6.07 Å². The van der Waals surface area contributed by atoms with Crippen LogP contribution in [0.15, 0.2) is 18.2 Å². The highest BCUT2D eigenvalue weighted by molar-refractivity contribution is 6.58. The minimum atomic E-state index is -1.52. The van der Waals surface area contributed by atoms with E-state index in [9.17, 15) is 10.0 Å². The van der Waals surface area contributed by atoms with Crippen molar-refractivity contribution in [2.45, 2.75) is 52.7 Å². The van der Waals surface area contributed by atoms with Crippen molar-refractivity contribution in [3.8, 4) is 11.5 Å². The summed E-state index contributed by atoms with van der Waals surface area (Å²) < 4.78 is 11.6. The average Bonchev–Trinajstić information content (AvgIpc) is 2.15. The molecule has 0 radical (unpaired) electrons. The van der Waals surface area contributed by atoms with Crippen LogP contribution < -0.4 is 14.9 Å². The van der Waals surface area contributed by atoms with Gasteiger partial charge in [-0.25, -0.2) is 0 Å². The van der Waals surface area contributed by atoms with Crippen molar-refractivity contribution in [1.82, 2.24) is 0 Å². The Bertz CT molecular complexity index is 430. The normalized spacial score (nSPS) is 12.2. The second-order valence-corrected chi connectivity index (χ2v) is 6.51. The fraction of sp³-hybridized carbons (Fsp3) is 0.571. The molecule has 0 amide bonds. The summed E-state index contributed by atoms with van der Waals surface area (Å²) in [7, 11) is -1.52. The van der Waals surface area contributed by atoms with Gasteiger partial charge in [-0.15, -0.1) is 0 Å². The quantitative estimate of drug-likeness (QED) is 0.818. The molecule has 1 aromatic carbocycles. The maximum atomic E-state index is 9.23. The van der Waals surface area contributed by atoms with Gasteiger partial charge in [0, 0.05) is 0 Å². The monoisotopic (exact) mass is 266 g/mol. The molecule has 0 atom stereocenters. The Balaban J connectivity index is 3.15. The molecule has 0 aliphatic rings. The fourth-order valence-corrected chi connectivity index (χ4v) is 1.51. The van der Waals surface area contributed by atoms with Crippen LogP contribution in [0.4, 0.5) is 0 Å². The Hall–Kier alpha value is -1.20. The Morgan fingerprint density at radius 1 is 0.842 bits per heavy atom. The summed E-state index contributed by atoms with van der Waals surface area (Å²) >= 11 is 0. The third-order valence-corrected chi connectivity index (χ3v) is 2.10. The van der Waals surface area contributed by atoms with Gasteiger partial charge in [-0.3, -0.25) is 0 Å². The smallest absolute Gasteiger partial charge is 0.484 e. The first-order valence-corrected chi connectivity index (χ1v) is 6.36. The molecule has 0 fully saturated rings. The first kappa shape index (κ1) is 15.9. The predicted molar refractivity (Wildman–Crippen MR) is 77.0 cm³/mol. The second kappa shape index (κ2) is 5.43. The molecule has 2 N–H and O–H groups in total. The fourth-order valence-electron chi connectivity index (χ4n) is 1.51. The standard InChI is InChI=1S/C14H23BO4/c1-13(2,3)18-11-8-7-10(15(16)17)9-12(11)19-14(4,5)6/h7-9,16-17H,1-6H3. The zero-order valence-electron chi connectivity index (χ0n) is 12.5. The van der Waals surface area contributed by atoms with E-state index in [2.05, 4.69) is 0 Å². The first-order chi connectivity index (χ1) is 8.48. The zero-order chi connectivity index (χ0) is 14.8. The Morgan fingerprint density at radius 2 is 1.32 bits per heavy atom. The number of rotatable bonds is 3. The molecule has 0 aromatic heterocycles. The highest BCUT2D eigenvalue weighted by Crippen LogP contribution is 2.31. The topological polar surface area (TPSA) is 58.9 Å². The molecule has 5 heteroatoms. The molecule has 19 heavy (non-hydrogen) atoms. The molecule has 0 aliphatic heterocycles. The van der Waals surface area contributed by atoms with E-state index in [1.807, 2.05) is 41.5 Å². The van der Waals surface area contributed by atoms with Gasteiger partial charge < -0.3 is 19.5 Å². The van der Waals surface area contributed by atoms with Crippen molar-refractivity contribution in [3.63, 3.8) is 0 Å². The van der Waals surface area contributed by atoms with Crippen molar-refractivity contribution in [3.05, 3.63) is 18.2 Å². The van der Waals surface area contributed by atoms with E-state index in [-0.39, 0.29) is 5.60 Å². The molecule has 1 aromatic rings. The average molecular weight is 266 g/mol. The Kier molecular flexibility index (Phi) is 4.53. The van der Waals surface area contributed by atoms with Crippen LogP contribution in [-0.2, 0) is 0 Å². The Morgan fingerprint density at radius 3 is 1.74 bits per heavy atom. The summed E-state index contributed by atoms with van der Waals surface area (Å²) in [5.74, 6) is 1.10. The second-order valence-electron chi connectivity index (χ2n) is 6.51. The lowest BCUT2D eigenvalue weighted by molar-refractivity contribution is 0.0959. The van der Waals surface area contributed by atoms with Crippen molar-refractivity contribution in [1.29, 1.82) is 0 Å². The molecule has 0 unspecified atom stereocenters. The van der Waals surface area contributed by atoms with Crippen LogP contribution in [0.5, 0.6) is 11.5 Å². The largest absolute Gasteiger partial charge is 0.488 e. The van der Waals surface area contributed by atoms with E-state index in [4.69, 9.17) is 9.47 Å². The molecular formula is C14H23BO4. The minimum absolute atomic E-state index is 0.352. The van der Waals surface area contributed by atoms with Gasteiger partial charge in [0.15, 0.2) is 11.5 Å². The molecule has 0 saturated heterocycles. The molecule has 0 aliphatic carbocycles. The van der Waals surface area contributed by atoms with E-state index >= 15 is 0 Å². The number of ether oxygens (including phenoxy) is 2. The lowest BCUT2D eigenvalue weighted by atomic mass is 9.80. The van der Waals surface area contributed by atoms with E-state index in [1.165, 1.54) is 0 Å². The van der Waals surface area contributed by atoms with Crippen LogP contribution in [-0.4, -0.2) is 28.4 Å². The van der Waals surface area contributed by atoms with Gasteiger partial charge in [0.1, 0.15) is 11.2 Å². The minimum Gasteiger partial charge on any atom is -0.484 e. The van der Waals surface area contributed by atoms with Gasteiger partial charge in [-0.05, 0) is 59.1 Å². The summed E-state index contributed by atoms with van der Waals surface area (Å²) in [5, 5.41) is 18.5.